The van der Waals surface area contributed by atoms with E-state index in [0.29, 0.717) is 5.73 Å². The van der Waals surface area contributed by atoms with Gasteiger partial charge in [0.25, 0.3) is 0 Å². The van der Waals surface area contributed by atoms with E-state index < -0.39 is 8.96 Å². The Labute approximate surface area is 99.7 Å². The standard InChI is InChI=1S/C13H21NOSi/c1-14-16(13-9-5-6-10-15-13)11-12-7-3-2-4-8-12/h2-4,7-8,13-14,16H,5-6,9-11H2,1H3. The fraction of sp³-hybridized carbons (Fsp3) is 0.538. The predicted octanol–water partition coefficient (Wildman–Crippen LogP) is 1.82. The molecule has 2 nitrogen and oxygen atoms in total. The average molecular weight is 235 g/mol. The lowest BCUT2D eigenvalue weighted by molar-refractivity contribution is 0.0611. The van der Waals surface area contributed by atoms with E-state index in [4.69, 9.17) is 4.74 Å². The molecule has 0 aromatic heterocycles. The SMILES string of the molecule is CN[SiH](Cc1ccccc1)C1CCCCO1. The van der Waals surface area contributed by atoms with Gasteiger partial charge in [-0.1, -0.05) is 30.3 Å². The van der Waals surface area contributed by atoms with Crippen LogP contribution in [0.2, 0.25) is 0 Å². The normalized spacial score (nSPS) is 22.9. The number of hydrogen-bond donors (Lipinski definition) is 1. The van der Waals surface area contributed by atoms with Crippen LogP contribution < -0.4 is 4.98 Å². The minimum Gasteiger partial charge on any atom is -0.380 e. The summed E-state index contributed by atoms with van der Waals surface area (Å²) in [6.45, 7) is 0.963. The van der Waals surface area contributed by atoms with Crippen LogP contribution in [0, 0.1) is 0 Å². The number of benzene rings is 1. The third-order valence-corrected chi connectivity index (χ3v) is 6.41. The zero-order valence-electron chi connectivity index (χ0n) is 9.99. The molecule has 1 N–H and O–H groups in total. The number of rotatable bonds is 4. The third kappa shape index (κ3) is 3.17. The minimum atomic E-state index is -0.993. The maximum atomic E-state index is 5.90. The Morgan fingerprint density at radius 2 is 2.12 bits per heavy atom. The Kier molecular flexibility index (Phi) is 4.57. The van der Waals surface area contributed by atoms with Gasteiger partial charge in [0.05, 0.1) is 5.73 Å². The van der Waals surface area contributed by atoms with Crippen LogP contribution in [0.5, 0.6) is 0 Å². The summed E-state index contributed by atoms with van der Waals surface area (Å²) < 4.78 is 5.90. The number of nitrogens with one attached hydrogen (secondary N) is 1. The van der Waals surface area contributed by atoms with Crippen molar-refractivity contribution in [2.45, 2.75) is 31.0 Å². The molecule has 88 valence electrons. The van der Waals surface area contributed by atoms with Crippen LogP contribution in [0.15, 0.2) is 30.3 Å². The average Bonchev–Trinajstić information content (AvgIpc) is 2.38. The first-order valence-corrected chi connectivity index (χ1v) is 8.29. The highest BCUT2D eigenvalue weighted by Gasteiger charge is 2.24. The zero-order chi connectivity index (χ0) is 11.2. The van der Waals surface area contributed by atoms with Gasteiger partial charge >= 0.3 is 0 Å². The summed E-state index contributed by atoms with van der Waals surface area (Å²) in [4.78, 5) is 3.53. The van der Waals surface area contributed by atoms with E-state index in [1.807, 2.05) is 0 Å². The molecule has 1 fully saturated rings. The van der Waals surface area contributed by atoms with Gasteiger partial charge in [-0.2, -0.15) is 0 Å². The first-order valence-electron chi connectivity index (χ1n) is 6.23. The zero-order valence-corrected chi connectivity index (χ0v) is 11.1. The first-order chi connectivity index (χ1) is 7.90. The predicted molar refractivity (Wildman–Crippen MR) is 69.9 cm³/mol. The van der Waals surface area contributed by atoms with Crippen LogP contribution >= 0.6 is 0 Å². The molecule has 1 aromatic rings. The lowest BCUT2D eigenvalue weighted by Crippen LogP contribution is -2.47. The Balaban J connectivity index is 1.94. The highest BCUT2D eigenvalue weighted by Crippen LogP contribution is 2.16. The second kappa shape index (κ2) is 6.18. The monoisotopic (exact) mass is 235 g/mol. The summed E-state index contributed by atoms with van der Waals surface area (Å²) in [7, 11) is 1.10. The van der Waals surface area contributed by atoms with Crippen LogP contribution in [0.4, 0.5) is 0 Å². The second-order valence-electron chi connectivity index (χ2n) is 4.49. The molecular weight excluding hydrogens is 214 g/mol. The summed E-state index contributed by atoms with van der Waals surface area (Å²) in [5, 5.41) is 0. The van der Waals surface area contributed by atoms with E-state index in [0.717, 1.165) is 6.61 Å². The molecule has 1 aromatic carbocycles. The Bertz CT molecular complexity index is 298. The van der Waals surface area contributed by atoms with Crippen molar-refractivity contribution in [3.63, 3.8) is 0 Å². The number of hydrogen-bond acceptors (Lipinski definition) is 2. The summed E-state index contributed by atoms with van der Waals surface area (Å²) in [5.41, 5.74) is 1.97. The molecule has 3 heteroatoms. The van der Waals surface area contributed by atoms with Crippen molar-refractivity contribution in [2.24, 2.45) is 0 Å². The van der Waals surface area contributed by atoms with Gasteiger partial charge in [-0.25, -0.2) is 0 Å². The van der Waals surface area contributed by atoms with Crippen molar-refractivity contribution in [3.05, 3.63) is 35.9 Å². The molecule has 0 bridgehead atoms. The second-order valence-corrected chi connectivity index (χ2v) is 7.43. The fourth-order valence-electron chi connectivity index (χ4n) is 2.37. The van der Waals surface area contributed by atoms with Crippen LogP contribution in [0.1, 0.15) is 24.8 Å². The fourth-order valence-corrected chi connectivity index (χ4v) is 5.00. The molecular formula is C13H21NOSi. The molecule has 2 atom stereocenters. The van der Waals surface area contributed by atoms with E-state index in [9.17, 15) is 0 Å². The van der Waals surface area contributed by atoms with Crippen LogP contribution in [0.25, 0.3) is 0 Å². The van der Waals surface area contributed by atoms with Crippen molar-refractivity contribution < 1.29 is 4.74 Å². The van der Waals surface area contributed by atoms with Gasteiger partial charge in [0.1, 0.15) is 8.96 Å². The molecule has 0 saturated carbocycles. The molecule has 0 radical (unpaired) electrons. The quantitative estimate of drug-likeness (QED) is 0.804. The van der Waals surface area contributed by atoms with Gasteiger partial charge in [-0.15, -0.1) is 0 Å². The van der Waals surface area contributed by atoms with Crippen molar-refractivity contribution in [2.75, 3.05) is 13.7 Å². The smallest absolute Gasteiger partial charge is 0.144 e. The minimum absolute atomic E-state index is 0.527. The van der Waals surface area contributed by atoms with E-state index in [-0.39, 0.29) is 0 Å². The molecule has 0 aliphatic carbocycles. The molecule has 0 amide bonds. The van der Waals surface area contributed by atoms with E-state index >= 15 is 0 Å². The van der Waals surface area contributed by atoms with Gasteiger partial charge in [-0.05, 0) is 37.9 Å². The molecule has 2 unspecified atom stereocenters. The lowest BCUT2D eigenvalue weighted by Gasteiger charge is -2.29. The van der Waals surface area contributed by atoms with Gasteiger partial charge in [0.2, 0.25) is 0 Å². The van der Waals surface area contributed by atoms with E-state index in [2.05, 4.69) is 42.4 Å². The largest absolute Gasteiger partial charge is 0.380 e. The van der Waals surface area contributed by atoms with Crippen molar-refractivity contribution in [3.8, 4) is 0 Å². The maximum Gasteiger partial charge on any atom is 0.144 e. The summed E-state index contributed by atoms with van der Waals surface area (Å²) in [5.74, 6) is 0. The highest BCUT2D eigenvalue weighted by molar-refractivity contribution is 6.57. The molecule has 0 spiro atoms. The van der Waals surface area contributed by atoms with Gasteiger partial charge < -0.3 is 9.72 Å². The van der Waals surface area contributed by atoms with Crippen molar-refractivity contribution in [1.29, 1.82) is 0 Å². The molecule has 1 aliphatic rings. The summed E-state index contributed by atoms with van der Waals surface area (Å²) >= 11 is 0. The Morgan fingerprint density at radius 3 is 2.75 bits per heavy atom. The first kappa shape index (κ1) is 11.8. The van der Waals surface area contributed by atoms with Crippen molar-refractivity contribution >= 4 is 8.96 Å². The molecule has 1 aliphatic heterocycles. The summed E-state index contributed by atoms with van der Waals surface area (Å²) in [6.07, 6.45) is 3.84. The Morgan fingerprint density at radius 1 is 1.31 bits per heavy atom. The van der Waals surface area contributed by atoms with Gasteiger partial charge in [-0.3, -0.25) is 0 Å². The molecule has 2 rings (SSSR count). The van der Waals surface area contributed by atoms with E-state index in [1.54, 1.807) is 0 Å². The van der Waals surface area contributed by atoms with Crippen LogP contribution in [0.3, 0.4) is 0 Å². The molecule has 1 heterocycles. The van der Waals surface area contributed by atoms with Crippen LogP contribution in [-0.2, 0) is 10.8 Å². The lowest BCUT2D eigenvalue weighted by atomic mass is 10.2. The molecule has 16 heavy (non-hydrogen) atoms. The van der Waals surface area contributed by atoms with Crippen molar-refractivity contribution in [1.82, 2.24) is 4.98 Å². The number of ether oxygens (including phenoxy) is 1. The highest BCUT2D eigenvalue weighted by atomic mass is 28.3. The van der Waals surface area contributed by atoms with Gasteiger partial charge in [0.15, 0.2) is 0 Å². The van der Waals surface area contributed by atoms with Crippen LogP contribution in [-0.4, -0.2) is 28.3 Å². The molecule has 1 saturated heterocycles. The third-order valence-electron chi connectivity index (χ3n) is 3.33. The topological polar surface area (TPSA) is 21.3 Å². The Hall–Kier alpha value is -0.643. The van der Waals surface area contributed by atoms with E-state index in [1.165, 1.54) is 30.9 Å². The maximum absolute atomic E-state index is 5.90. The summed E-state index contributed by atoms with van der Waals surface area (Å²) in [6, 6.07) is 12.0. The van der Waals surface area contributed by atoms with Gasteiger partial charge in [0, 0.05) is 6.61 Å².